The van der Waals surface area contributed by atoms with Crippen LogP contribution in [0.2, 0.25) is 5.02 Å². The number of hydrogen-bond donors (Lipinski definition) is 3. The van der Waals surface area contributed by atoms with Gasteiger partial charge in [-0.25, -0.2) is 4.39 Å². The smallest absolute Gasteiger partial charge is 0.251 e. The predicted molar refractivity (Wildman–Crippen MR) is 100 cm³/mol. The minimum absolute atomic E-state index is 0.0457. The second-order valence-corrected chi connectivity index (χ2v) is 6.50. The Morgan fingerprint density at radius 1 is 1.29 bits per heavy atom. The molecule has 7 nitrogen and oxygen atoms in total. The van der Waals surface area contributed by atoms with Crippen molar-refractivity contribution in [3.63, 3.8) is 0 Å². The Morgan fingerprint density at radius 3 is 2.82 bits per heavy atom. The molecule has 1 unspecified atom stereocenters. The van der Waals surface area contributed by atoms with Crippen LogP contribution >= 0.6 is 11.6 Å². The molecule has 0 bridgehead atoms. The highest BCUT2D eigenvalue weighted by Crippen LogP contribution is 2.29. The number of aromatic nitrogens is 3. The van der Waals surface area contributed by atoms with E-state index in [1.807, 2.05) is 6.07 Å². The Morgan fingerprint density at radius 2 is 2.07 bits per heavy atom. The van der Waals surface area contributed by atoms with Crippen molar-refractivity contribution in [1.82, 2.24) is 20.4 Å². The lowest BCUT2D eigenvalue weighted by molar-refractivity contribution is 0.0901. The number of aromatic amines is 1. The van der Waals surface area contributed by atoms with E-state index < -0.39 is 24.4 Å². The largest absolute Gasteiger partial charge is 0.394 e. The molecule has 2 aromatic heterocycles. The highest BCUT2D eigenvalue weighted by atomic mass is 35.5. The molecule has 2 aromatic carbocycles. The quantitative estimate of drug-likeness (QED) is 0.476. The van der Waals surface area contributed by atoms with Crippen molar-refractivity contribution in [2.45, 2.75) is 6.04 Å². The zero-order chi connectivity index (χ0) is 19.7. The summed E-state index contributed by atoms with van der Waals surface area (Å²) in [6.07, 6.45) is 1.72. The number of aliphatic hydroxyl groups is 1. The zero-order valence-electron chi connectivity index (χ0n) is 14.3. The van der Waals surface area contributed by atoms with E-state index in [0.717, 1.165) is 10.9 Å². The number of nitrogens with one attached hydrogen (secondary N) is 2. The Hall–Kier alpha value is -3.23. The van der Waals surface area contributed by atoms with Gasteiger partial charge in [-0.1, -0.05) is 16.8 Å². The molecule has 0 aliphatic heterocycles. The minimum Gasteiger partial charge on any atom is -0.394 e. The third-order valence-electron chi connectivity index (χ3n) is 4.22. The summed E-state index contributed by atoms with van der Waals surface area (Å²) < 4.78 is 18.2. The molecule has 0 fully saturated rings. The van der Waals surface area contributed by atoms with Gasteiger partial charge >= 0.3 is 0 Å². The first kappa shape index (κ1) is 18.1. The first-order valence-corrected chi connectivity index (χ1v) is 8.71. The first-order chi connectivity index (χ1) is 13.5. The van der Waals surface area contributed by atoms with Crippen molar-refractivity contribution in [3.05, 3.63) is 71.0 Å². The molecule has 2 heterocycles. The molecule has 1 amide bonds. The Labute approximate surface area is 163 Å². The Kier molecular flexibility index (Phi) is 4.81. The highest BCUT2D eigenvalue weighted by molar-refractivity contribution is 6.31. The van der Waals surface area contributed by atoms with Crippen LogP contribution in [0.15, 0.2) is 53.2 Å². The van der Waals surface area contributed by atoms with E-state index in [-0.39, 0.29) is 17.3 Å². The van der Waals surface area contributed by atoms with Crippen molar-refractivity contribution in [1.29, 1.82) is 0 Å². The summed E-state index contributed by atoms with van der Waals surface area (Å²) in [5.74, 6) is -0.615. The van der Waals surface area contributed by atoms with Crippen LogP contribution in [0.5, 0.6) is 0 Å². The van der Waals surface area contributed by atoms with Crippen LogP contribution in [-0.2, 0) is 0 Å². The van der Waals surface area contributed by atoms with Crippen LogP contribution in [0.4, 0.5) is 4.39 Å². The standard InChI is InChI=1S/C19H14ClFN4O3/c20-11-3-6-15-13(7-11)14(8-22-15)17-24-19(28-25-17)16(9-26)23-18(27)10-1-4-12(21)5-2-10/h1-8,16,22,26H,9H2,(H,23,27). The lowest BCUT2D eigenvalue weighted by Gasteiger charge is -2.12. The maximum absolute atomic E-state index is 13.0. The van der Waals surface area contributed by atoms with Gasteiger partial charge in [-0.3, -0.25) is 4.79 Å². The molecule has 0 saturated heterocycles. The summed E-state index contributed by atoms with van der Waals surface area (Å²) >= 11 is 6.06. The molecule has 142 valence electrons. The van der Waals surface area contributed by atoms with Crippen molar-refractivity contribution >= 4 is 28.4 Å². The number of nitrogens with zero attached hydrogens (tertiary/aromatic N) is 2. The first-order valence-electron chi connectivity index (χ1n) is 8.33. The maximum Gasteiger partial charge on any atom is 0.251 e. The Bertz CT molecular complexity index is 1140. The predicted octanol–water partition coefficient (Wildman–Crippen LogP) is 3.47. The molecule has 4 rings (SSSR count). The number of hydrogen-bond acceptors (Lipinski definition) is 5. The lowest BCUT2D eigenvalue weighted by Crippen LogP contribution is -2.31. The van der Waals surface area contributed by atoms with E-state index in [4.69, 9.17) is 16.1 Å². The van der Waals surface area contributed by atoms with Gasteiger partial charge in [0.25, 0.3) is 11.8 Å². The van der Waals surface area contributed by atoms with Crippen molar-refractivity contribution in [3.8, 4) is 11.4 Å². The second-order valence-electron chi connectivity index (χ2n) is 6.06. The number of carbonyl (C=O) groups excluding carboxylic acids is 1. The molecule has 0 aliphatic rings. The van der Waals surface area contributed by atoms with Crippen LogP contribution in [0.1, 0.15) is 22.3 Å². The Balaban J connectivity index is 1.58. The number of benzene rings is 2. The molecule has 0 aliphatic carbocycles. The van der Waals surface area contributed by atoms with Crippen LogP contribution in [-0.4, -0.2) is 32.7 Å². The van der Waals surface area contributed by atoms with Crippen molar-refractivity contribution < 1.29 is 18.8 Å². The summed E-state index contributed by atoms with van der Waals surface area (Å²) in [6, 6.07) is 9.50. The van der Waals surface area contributed by atoms with Gasteiger partial charge in [0.15, 0.2) is 0 Å². The summed E-state index contributed by atoms with van der Waals surface area (Å²) in [5, 5.41) is 17.5. The van der Waals surface area contributed by atoms with Gasteiger partial charge in [-0.05, 0) is 42.5 Å². The molecular formula is C19H14ClFN4O3. The average molecular weight is 401 g/mol. The number of H-pyrrole nitrogens is 1. The fourth-order valence-corrected chi connectivity index (χ4v) is 2.96. The van der Waals surface area contributed by atoms with E-state index in [9.17, 15) is 14.3 Å². The molecular weight excluding hydrogens is 387 g/mol. The molecule has 1 atom stereocenters. The molecule has 0 saturated carbocycles. The van der Waals surface area contributed by atoms with Crippen molar-refractivity contribution in [2.75, 3.05) is 6.61 Å². The lowest BCUT2D eigenvalue weighted by atomic mass is 10.1. The number of carbonyl (C=O) groups is 1. The summed E-state index contributed by atoms with van der Waals surface area (Å²) in [7, 11) is 0. The molecule has 28 heavy (non-hydrogen) atoms. The normalized spacial score (nSPS) is 12.2. The van der Waals surface area contributed by atoms with Gasteiger partial charge in [0.2, 0.25) is 5.82 Å². The third kappa shape index (κ3) is 3.47. The van der Waals surface area contributed by atoms with Gasteiger partial charge in [0, 0.05) is 33.2 Å². The SMILES string of the molecule is O=C(NC(CO)c1nc(-c2c[nH]c3ccc(Cl)cc23)no1)c1ccc(F)cc1. The fourth-order valence-electron chi connectivity index (χ4n) is 2.79. The molecule has 3 N–H and O–H groups in total. The number of fused-ring (bicyclic) bond motifs is 1. The van der Waals surface area contributed by atoms with E-state index in [2.05, 4.69) is 20.4 Å². The molecule has 4 aromatic rings. The molecule has 9 heteroatoms. The molecule has 0 spiro atoms. The van der Waals surface area contributed by atoms with E-state index in [0.29, 0.717) is 10.6 Å². The number of amides is 1. The van der Waals surface area contributed by atoms with Crippen LogP contribution in [0.25, 0.3) is 22.3 Å². The minimum atomic E-state index is -0.910. The molecule has 0 radical (unpaired) electrons. The fraction of sp³-hybridized carbons (Fsp3) is 0.105. The second kappa shape index (κ2) is 7.41. The van der Waals surface area contributed by atoms with Crippen molar-refractivity contribution in [2.24, 2.45) is 0 Å². The zero-order valence-corrected chi connectivity index (χ0v) is 15.1. The van der Waals surface area contributed by atoms with Gasteiger partial charge in [0.1, 0.15) is 11.9 Å². The average Bonchev–Trinajstić information content (AvgIpc) is 3.33. The number of halogens is 2. The van der Waals surface area contributed by atoms with E-state index >= 15 is 0 Å². The van der Waals surface area contributed by atoms with Gasteiger partial charge in [-0.15, -0.1) is 0 Å². The van der Waals surface area contributed by atoms with Gasteiger partial charge in [0.05, 0.1) is 6.61 Å². The van der Waals surface area contributed by atoms with Crippen LogP contribution < -0.4 is 5.32 Å². The van der Waals surface area contributed by atoms with E-state index in [1.165, 1.54) is 24.3 Å². The van der Waals surface area contributed by atoms with Gasteiger partial charge < -0.3 is 19.9 Å². The topological polar surface area (TPSA) is 104 Å². The summed E-state index contributed by atoms with van der Waals surface area (Å²) in [6.45, 7) is -0.450. The highest BCUT2D eigenvalue weighted by Gasteiger charge is 2.22. The summed E-state index contributed by atoms with van der Waals surface area (Å²) in [5.41, 5.74) is 1.77. The van der Waals surface area contributed by atoms with Gasteiger partial charge in [-0.2, -0.15) is 4.98 Å². The monoisotopic (exact) mass is 400 g/mol. The van der Waals surface area contributed by atoms with Crippen LogP contribution in [0, 0.1) is 5.82 Å². The number of aliphatic hydroxyl groups excluding tert-OH is 1. The number of rotatable bonds is 5. The third-order valence-corrected chi connectivity index (χ3v) is 4.45. The van der Waals surface area contributed by atoms with Crippen LogP contribution in [0.3, 0.4) is 0 Å². The maximum atomic E-state index is 13.0. The van der Waals surface area contributed by atoms with E-state index in [1.54, 1.807) is 18.3 Å². The summed E-state index contributed by atoms with van der Waals surface area (Å²) in [4.78, 5) is 19.7.